The molecule has 0 aromatic carbocycles. The molecular formula is C16H30N2O. The second kappa shape index (κ2) is 6.62. The van der Waals surface area contributed by atoms with Crippen LogP contribution < -0.4 is 0 Å². The van der Waals surface area contributed by atoms with Crippen molar-refractivity contribution in [1.29, 1.82) is 0 Å². The van der Waals surface area contributed by atoms with E-state index in [2.05, 4.69) is 18.7 Å². The van der Waals surface area contributed by atoms with Crippen LogP contribution in [0.25, 0.3) is 0 Å². The van der Waals surface area contributed by atoms with Crippen LogP contribution in [0.4, 0.5) is 4.79 Å². The quantitative estimate of drug-likeness (QED) is 0.747. The molecule has 3 nitrogen and oxygen atoms in total. The van der Waals surface area contributed by atoms with Gasteiger partial charge >= 0.3 is 6.03 Å². The molecule has 0 aromatic heterocycles. The van der Waals surface area contributed by atoms with E-state index in [1.807, 2.05) is 11.9 Å². The Bertz CT molecular complexity index is 289. The van der Waals surface area contributed by atoms with Crippen LogP contribution >= 0.6 is 0 Å². The smallest absolute Gasteiger partial charge is 0.319 e. The fourth-order valence-corrected chi connectivity index (χ4v) is 3.52. The van der Waals surface area contributed by atoms with E-state index >= 15 is 0 Å². The van der Waals surface area contributed by atoms with Gasteiger partial charge in [-0.1, -0.05) is 20.3 Å². The Morgan fingerprint density at radius 2 is 1.68 bits per heavy atom. The van der Waals surface area contributed by atoms with E-state index in [4.69, 9.17) is 0 Å². The van der Waals surface area contributed by atoms with Crippen LogP contribution in [0.5, 0.6) is 0 Å². The summed E-state index contributed by atoms with van der Waals surface area (Å²) in [5, 5.41) is 0. The summed E-state index contributed by atoms with van der Waals surface area (Å²) < 4.78 is 0. The highest BCUT2D eigenvalue weighted by Gasteiger charge is 2.29. The van der Waals surface area contributed by atoms with Crippen molar-refractivity contribution in [2.75, 3.05) is 20.1 Å². The number of likely N-dealkylation sites (tertiary alicyclic amines) is 1. The summed E-state index contributed by atoms with van der Waals surface area (Å²) in [7, 11) is 2.01. The third kappa shape index (κ3) is 3.64. The molecule has 110 valence electrons. The second-order valence-corrected chi connectivity index (χ2v) is 6.65. The minimum atomic E-state index is 0.270. The van der Waals surface area contributed by atoms with Crippen molar-refractivity contribution >= 4 is 6.03 Å². The number of amides is 2. The van der Waals surface area contributed by atoms with Crippen molar-refractivity contribution in [3.05, 3.63) is 0 Å². The lowest BCUT2D eigenvalue weighted by Crippen LogP contribution is -2.49. The molecule has 0 aromatic rings. The Balaban J connectivity index is 1.82. The van der Waals surface area contributed by atoms with Gasteiger partial charge in [-0.15, -0.1) is 0 Å². The van der Waals surface area contributed by atoms with Gasteiger partial charge in [0.15, 0.2) is 0 Å². The predicted molar refractivity (Wildman–Crippen MR) is 79.2 cm³/mol. The molecule has 2 fully saturated rings. The number of hydrogen-bond acceptors (Lipinski definition) is 1. The third-order valence-electron chi connectivity index (χ3n) is 5.30. The Morgan fingerprint density at radius 1 is 1.11 bits per heavy atom. The molecule has 0 N–H and O–H groups in total. The fourth-order valence-electron chi connectivity index (χ4n) is 3.52. The van der Waals surface area contributed by atoms with Crippen molar-refractivity contribution in [1.82, 2.24) is 9.80 Å². The first-order valence-corrected chi connectivity index (χ1v) is 8.13. The Morgan fingerprint density at radius 3 is 2.21 bits per heavy atom. The Kier molecular flexibility index (Phi) is 5.12. The fraction of sp³-hybridized carbons (Fsp3) is 0.938. The zero-order valence-corrected chi connectivity index (χ0v) is 12.9. The molecule has 0 unspecified atom stereocenters. The number of hydrogen-bond donors (Lipinski definition) is 0. The molecule has 0 spiro atoms. The second-order valence-electron chi connectivity index (χ2n) is 6.65. The van der Waals surface area contributed by atoms with Crippen LogP contribution in [-0.2, 0) is 0 Å². The maximum Gasteiger partial charge on any atom is 0.319 e. The lowest BCUT2D eigenvalue weighted by Gasteiger charge is -2.39. The molecule has 0 bridgehead atoms. The van der Waals surface area contributed by atoms with Crippen LogP contribution in [0.15, 0.2) is 0 Å². The summed E-state index contributed by atoms with van der Waals surface area (Å²) in [4.78, 5) is 16.6. The van der Waals surface area contributed by atoms with Crippen molar-refractivity contribution in [2.24, 2.45) is 11.8 Å². The van der Waals surface area contributed by atoms with Gasteiger partial charge in [-0.2, -0.15) is 0 Å². The number of nitrogens with zero attached hydrogens (tertiary/aromatic N) is 2. The highest BCUT2D eigenvalue weighted by atomic mass is 16.2. The third-order valence-corrected chi connectivity index (χ3v) is 5.30. The van der Waals surface area contributed by atoms with E-state index in [0.29, 0.717) is 6.04 Å². The zero-order valence-electron chi connectivity index (χ0n) is 12.9. The SMILES string of the molecule is CCC1CCC(N(C)C(=O)N2CCC(C)CC2)CC1. The molecule has 0 atom stereocenters. The minimum Gasteiger partial charge on any atom is -0.325 e. The van der Waals surface area contributed by atoms with Crippen molar-refractivity contribution in [2.45, 2.75) is 64.8 Å². The number of carbonyl (C=O) groups is 1. The van der Waals surface area contributed by atoms with Crippen LogP contribution in [-0.4, -0.2) is 42.0 Å². The molecule has 1 saturated heterocycles. The monoisotopic (exact) mass is 266 g/mol. The number of urea groups is 1. The van der Waals surface area contributed by atoms with E-state index in [-0.39, 0.29) is 6.03 Å². The van der Waals surface area contributed by atoms with Gasteiger partial charge in [0.05, 0.1) is 0 Å². The van der Waals surface area contributed by atoms with Gasteiger partial charge in [0.25, 0.3) is 0 Å². The van der Waals surface area contributed by atoms with Crippen molar-refractivity contribution in [3.63, 3.8) is 0 Å². The van der Waals surface area contributed by atoms with Gasteiger partial charge in [0.2, 0.25) is 0 Å². The highest BCUT2D eigenvalue weighted by Crippen LogP contribution is 2.29. The van der Waals surface area contributed by atoms with E-state index in [0.717, 1.165) is 24.9 Å². The molecule has 0 radical (unpaired) electrons. The van der Waals surface area contributed by atoms with Crippen LogP contribution in [0.1, 0.15) is 58.8 Å². The Hall–Kier alpha value is -0.730. The van der Waals surface area contributed by atoms with E-state index in [1.54, 1.807) is 0 Å². The maximum absolute atomic E-state index is 12.5. The molecule has 3 heteroatoms. The molecule has 1 saturated carbocycles. The van der Waals surface area contributed by atoms with Crippen LogP contribution in [0.2, 0.25) is 0 Å². The minimum absolute atomic E-state index is 0.270. The van der Waals surface area contributed by atoms with E-state index in [1.165, 1.54) is 44.9 Å². The Labute approximate surface area is 118 Å². The first-order chi connectivity index (χ1) is 9.11. The summed E-state index contributed by atoms with van der Waals surface area (Å²) in [5.74, 6) is 1.69. The zero-order chi connectivity index (χ0) is 13.8. The average molecular weight is 266 g/mol. The number of rotatable bonds is 2. The molecule has 2 rings (SSSR count). The van der Waals surface area contributed by atoms with Crippen molar-refractivity contribution < 1.29 is 4.79 Å². The van der Waals surface area contributed by atoms with Gasteiger partial charge in [-0.25, -0.2) is 4.79 Å². The largest absolute Gasteiger partial charge is 0.325 e. The van der Waals surface area contributed by atoms with E-state index in [9.17, 15) is 4.79 Å². The summed E-state index contributed by atoms with van der Waals surface area (Å²) in [6, 6.07) is 0.751. The summed E-state index contributed by atoms with van der Waals surface area (Å²) in [5.41, 5.74) is 0. The molecule has 1 aliphatic heterocycles. The van der Waals surface area contributed by atoms with Crippen LogP contribution in [0.3, 0.4) is 0 Å². The van der Waals surface area contributed by atoms with Crippen molar-refractivity contribution in [3.8, 4) is 0 Å². The highest BCUT2D eigenvalue weighted by molar-refractivity contribution is 5.74. The summed E-state index contributed by atoms with van der Waals surface area (Å²) in [6.45, 7) is 6.48. The van der Waals surface area contributed by atoms with Gasteiger partial charge in [0, 0.05) is 26.2 Å². The summed E-state index contributed by atoms with van der Waals surface area (Å²) in [6.07, 6.45) is 8.64. The standard InChI is InChI=1S/C16H30N2O/c1-4-14-5-7-15(8-6-14)17(3)16(19)18-11-9-13(2)10-12-18/h13-15H,4-12H2,1-3H3. The average Bonchev–Trinajstić information content (AvgIpc) is 2.46. The molecule has 2 aliphatic rings. The predicted octanol–water partition coefficient (Wildman–Crippen LogP) is 3.74. The molecule has 2 amide bonds. The lowest BCUT2D eigenvalue weighted by atomic mass is 9.84. The van der Waals surface area contributed by atoms with Crippen LogP contribution in [0, 0.1) is 11.8 Å². The normalized spacial score (nSPS) is 29.3. The van der Waals surface area contributed by atoms with Gasteiger partial charge in [0.1, 0.15) is 0 Å². The van der Waals surface area contributed by atoms with Gasteiger partial charge in [-0.3, -0.25) is 0 Å². The maximum atomic E-state index is 12.5. The molecular weight excluding hydrogens is 236 g/mol. The number of piperidine rings is 1. The molecule has 19 heavy (non-hydrogen) atoms. The molecule has 1 aliphatic carbocycles. The topological polar surface area (TPSA) is 23.6 Å². The first kappa shape index (κ1) is 14.7. The molecule has 1 heterocycles. The van der Waals surface area contributed by atoms with Gasteiger partial charge < -0.3 is 9.80 Å². The summed E-state index contributed by atoms with van der Waals surface area (Å²) >= 11 is 0. The van der Waals surface area contributed by atoms with E-state index < -0.39 is 0 Å². The lowest BCUT2D eigenvalue weighted by molar-refractivity contribution is 0.113. The number of carbonyl (C=O) groups excluding carboxylic acids is 1. The first-order valence-electron chi connectivity index (χ1n) is 8.13. The van der Waals surface area contributed by atoms with Gasteiger partial charge in [-0.05, 0) is 50.4 Å².